The molecule has 2 aromatic heterocycles. The number of anilines is 1. The van der Waals surface area contributed by atoms with E-state index in [4.69, 9.17) is 52.2 Å². The van der Waals surface area contributed by atoms with Crippen molar-refractivity contribution in [2.24, 2.45) is 5.41 Å². The predicted octanol–water partition coefficient (Wildman–Crippen LogP) is 11.2. The van der Waals surface area contributed by atoms with E-state index in [0.717, 1.165) is 0 Å². The van der Waals surface area contributed by atoms with E-state index in [-0.39, 0.29) is 28.0 Å². The van der Waals surface area contributed by atoms with Crippen molar-refractivity contribution in [2.75, 3.05) is 33.3 Å². The van der Waals surface area contributed by atoms with E-state index in [0.29, 0.717) is 105 Å². The van der Waals surface area contributed by atoms with Gasteiger partial charge in [-0.3, -0.25) is 14.2 Å². The molecular formula is C50H71N5O10Si2. The molecular weight excluding hydrogens is 887 g/mol. The maximum absolute atomic E-state index is 14.0. The van der Waals surface area contributed by atoms with Crippen LogP contribution in [-0.2, 0) is 29.6 Å². The van der Waals surface area contributed by atoms with Gasteiger partial charge in [-0.25, -0.2) is 15.0 Å². The van der Waals surface area contributed by atoms with Gasteiger partial charge in [0.05, 0.1) is 68.0 Å². The van der Waals surface area contributed by atoms with Gasteiger partial charge in [-0.1, -0.05) is 53.7 Å². The summed E-state index contributed by atoms with van der Waals surface area (Å²) in [5, 5.41) is 5.81. The Labute approximate surface area is 397 Å². The minimum Gasteiger partial charge on any atom is -0.496 e. The molecule has 1 saturated heterocycles. The van der Waals surface area contributed by atoms with Crippen molar-refractivity contribution in [1.82, 2.24) is 19.5 Å². The summed E-state index contributed by atoms with van der Waals surface area (Å²) in [5.41, 5.74) is 1.58. The lowest BCUT2D eigenvalue weighted by Gasteiger charge is -2.40. The molecule has 0 amide bonds. The van der Waals surface area contributed by atoms with Crippen LogP contribution in [0.15, 0.2) is 30.9 Å². The Bertz CT molecular complexity index is 2700. The average molecular weight is 958 g/mol. The third-order valence-corrected chi connectivity index (χ3v) is 23.3. The summed E-state index contributed by atoms with van der Waals surface area (Å²) in [6.45, 7) is 29.7. The van der Waals surface area contributed by atoms with E-state index in [9.17, 15) is 9.59 Å². The fourth-order valence-electron chi connectivity index (χ4n) is 8.54. The summed E-state index contributed by atoms with van der Waals surface area (Å²) >= 11 is 0. The molecule has 1 N–H and O–H groups in total. The van der Waals surface area contributed by atoms with Crippen LogP contribution in [-0.4, -0.2) is 88.2 Å². The number of methoxy groups -OCH3 is 3. The number of rotatable bonds is 13. The number of carbonyl (C=O) groups excluding carboxylic acids is 2. The number of hydrogen-bond acceptors (Lipinski definition) is 14. The van der Waals surface area contributed by atoms with E-state index >= 15 is 0 Å². The number of fused-ring (bicyclic) bond motifs is 4. The molecule has 5 aromatic rings. The van der Waals surface area contributed by atoms with Gasteiger partial charge in [-0.2, -0.15) is 0 Å². The van der Waals surface area contributed by atoms with Gasteiger partial charge >= 0.3 is 11.9 Å². The predicted molar refractivity (Wildman–Crippen MR) is 266 cm³/mol. The zero-order valence-electron chi connectivity index (χ0n) is 42.6. The highest BCUT2D eigenvalue weighted by Gasteiger charge is 2.47. The van der Waals surface area contributed by atoms with Gasteiger partial charge in [0, 0.05) is 29.9 Å². The lowest BCUT2D eigenvalue weighted by molar-refractivity contribution is -0.143. The Morgan fingerprint density at radius 3 is 2.10 bits per heavy atom. The van der Waals surface area contributed by atoms with Crippen LogP contribution in [0.3, 0.4) is 0 Å². The summed E-state index contributed by atoms with van der Waals surface area (Å²) < 4.78 is 53.8. The molecule has 15 nitrogen and oxygen atoms in total. The fourth-order valence-corrected chi connectivity index (χ4v) is 10.9. The van der Waals surface area contributed by atoms with Crippen molar-refractivity contribution in [3.63, 3.8) is 0 Å². The zero-order valence-corrected chi connectivity index (χ0v) is 44.6. The molecule has 1 aliphatic heterocycles. The van der Waals surface area contributed by atoms with E-state index in [1.807, 2.05) is 22.8 Å². The second-order valence-electron chi connectivity index (χ2n) is 22.0. The molecule has 0 radical (unpaired) electrons. The minimum atomic E-state index is -2.20. The second kappa shape index (κ2) is 18.3. The number of nitrogens with one attached hydrogen (secondary N) is 1. The SMILES string of the molecule is COc1cccc2c(OC)c3c(OC(=O)C(C)(C)C)c4c(c(OC(C)=O)c3c(OC)c12)[C@H](Nc1ncnc2c1ncn2[C@H]1C[C@H](O[Si](C)(C)C(C)(C)C)[C@@H](CO[Si](C)(C)C(C)(C)C)O1)CCC4. The van der Waals surface area contributed by atoms with Crippen molar-refractivity contribution in [3.05, 3.63) is 42.0 Å². The molecule has 67 heavy (non-hydrogen) atoms. The fraction of sp³-hybridized carbons (Fsp3) is 0.580. The maximum atomic E-state index is 14.0. The lowest BCUT2D eigenvalue weighted by Crippen LogP contribution is -2.48. The van der Waals surface area contributed by atoms with Crippen molar-refractivity contribution in [2.45, 2.75) is 156 Å². The highest BCUT2D eigenvalue weighted by atomic mass is 28.4. The smallest absolute Gasteiger partial charge is 0.316 e. The molecule has 0 bridgehead atoms. The number of esters is 2. The third-order valence-electron chi connectivity index (χ3n) is 14.3. The largest absolute Gasteiger partial charge is 0.496 e. The van der Waals surface area contributed by atoms with Crippen LogP contribution in [0, 0.1) is 5.41 Å². The van der Waals surface area contributed by atoms with Crippen molar-refractivity contribution in [3.8, 4) is 28.7 Å². The maximum Gasteiger partial charge on any atom is 0.316 e. The van der Waals surface area contributed by atoms with Crippen LogP contribution in [0.2, 0.25) is 36.3 Å². The van der Waals surface area contributed by atoms with E-state index in [1.54, 1.807) is 48.4 Å². The number of benzene rings is 3. The molecule has 4 atom stereocenters. The van der Waals surface area contributed by atoms with Crippen LogP contribution in [0.4, 0.5) is 5.82 Å². The number of ether oxygens (including phenoxy) is 6. The molecule has 0 unspecified atom stereocenters. The molecule has 3 heterocycles. The lowest BCUT2D eigenvalue weighted by atomic mass is 9.82. The minimum absolute atomic E-state index is 0.00235. The Kier molecular flexibility index (Phi) is 13.6. The van der Waals surface area contributed by atoms with Crippen LogP contribution in [0.25, 0.3) is 32.7 Å². The topological polar surface area (TPSA) is 164 Å². The normalized spacial score (nSPS) is 19.4. The first kappa shape index (κ1) is 50.1. The van der Waals surface area contributed by atoms with E-state index in [1.165, 1.54) is 13.3 Å². The first-order valence-electron chi connectivity index (χ1n) is 23.3. The summed E-state index contributed by atoms with van der Waals surface area (Å²) in [6.07, 6.45) is 4.74. The summed E-state index contributed by atoms with van der Waals surface area (Å²) in [7, 11) is 0.381. The average Bonchev–Trinajstić information content (AvgIpc) is 3.85. The van der Waals surface area contributed by atoms with Gasteiger partial charge in [0.15, 0.2) is 33.6 Å². The van der Waals surface area contributed by atoms with Crippen LogP contribution >= 0.6 is 0 Å². The summed E-state index contributed by atoms with van der Waals surface area (Å²) in [5.74, 6) is 1.34. The van der Waals surface area contributed by atoms with Gasteiger partial charge < -0.3 is 42.6 Å². The van der Waals surface area contributed by atoms with Gasteiger partial charge in [-0.15, -0.1) is 0 Å². The quantitative estimate of drug-likeness (QED) is 0.0513. The first-order valence-corrected chi connectivity index (χ1v) is 29.1. The molecule has 1 aliphatic carbocycles. The van der Waals surface area contributed by atoms with Gasteiger partial charge in [0.2, 0.25) is 0 Å². The summed E-state index contributed by atoms with van der Waals surface area (Å²) in [6, 6.07) is 5.06. The highest BCUT2D eigenvalue weighted by Crippen LogP contribution is 2.58. The van der Waals surface area contributed by atoms with Gasteiger partial charge in [0.25, 0.3) is 0 Å². The Morgan fingerprint density at radius 2 is 1.49 bits per heavy atom. The Hall–Kier alpha value is -4.82. The molecule has 3 aromatic carbocycles. The molecule has 7 rings (SSSR count). The molecule has 0 saturated carbocycles. The second-order valence-corrected chi connectivity index (χ2v) is 31.5. The van der Waals surface area contributed by atoms with E-state index < -0.39 is 46.3 Å². The van der Waals surface area contributed by atoms with Crippen molar-refractivity contribution < 1.29 is 46.9 Å². The summed E-state index contributed by atoms with van der Waals surface area (Å²) in [4.78, 5) is 41.7. The molecule has 17 heteroatoms. The standard InChI is InChI=1S/C50H71N5O10Si2/c1-28(56)62-44-36-29(42(64-47(57)48(2,3)4)38-39(44)43(60-13)37-30(41(38)59-12)21-19-23-32(37)58-11)20-18-22-31(36)54-45-40-46(52-26-51-45)55(27-53-40)35-24-33(65-67(16,17)50(8,9)10)34(63-35)25-61-66(14,15)49(5,6)7/h19,21,23,26-27,31,33-35H,18,20,22,24-25H2,1-17H3,(H,51,52,54)/t31-,33+,34-,35-/m1/s1. The molecule has 1 fully saturated rings. The Morgan fingerprint density at radius 1 is 0.821 bits per heavy atom. The van der Waals surface area contributed by atoms with Crippen molar-refractivity contribution in [1.29, 1.82) is 0 Å². The van der Waals surface area contributed by atoms with Gasteiger partial charge in [-0.05, 0) is 82.4 Å². The number of imidazole rings is 1. The third kappa shape index (κ3) is 9.38. The van der Waals surface area contributed by atoms with Crippen molar-refractivity contribution >= 4 is 67.1 Å². The Balaban J connectivity index is 1.36. The first-order chi connectivity index (χ1) is 31.2. The van der Waals surface area contributed by atoms with Crippen LogP contribution in [0.5, 0.6) is 28.7 Å². The number of carbonyl (C=O) groups is 2. The molecule has 2 aliphatic rings. The van der Waals surface area contributed by atoms with Crippen LogP contribution < -0.4 is 29.0 Å². The van der Waals surface area contributed by atoms with Crippen LogP contribution in [0.1, 0.15) is 112 Å². The highest BCUT2D eigenvalue weighted by molar-refractivity contribution is 6.74. The number of nitrogens with zero attached hydrogens (tertiary/aromatic N) is 4. The van der Waals surface area contributed by atoms with E-state index in [2.05, 4.69) is 73.0 Å². The number of aromatic nitrogens is 4. The monoisotopic (exact) mass is 957 g/mol. The molecule has 0 spiro atoms. The number of hydrogen-bond donors (Lipinski definition) is 1. The molecule has 364 valence electrons. The zero-order chi connectivity index (χ0) is 49.2. The van der Waals surface area contributed by atoms with Gasteiger partial charge in [0.1, 0.15) is 47.4 Å².